The molecule has 0 aromatic heterocycles. The lowest BCUT2D eigenvalue weighted by molar-refractivity contribution is 1.49. The molecule has 1 heteroatoms. The molecule has 0 amide bonds. The second kappa shape index (κ2) is 3.59. The van der Waals surface area contributed by atoms with Gasteiger partial charge in [0.15, 0.2) is 0 Å². The second-order valence-corrected chi connectivity index (χ2v) is 3.63. The molecule has 2 aromatic rings. The average molecular weight is 193 g/mol. The Morgan fingerprint density at radius 2 is 2.07 bits per heavy atom. The number of hydrogen-bond donors (Lipinski definition) is 0. The first-order valence-corrected chi connectivity index (χ1v) is 4.81. The van der Waals surface area contributed by atoms with E-state index in [0.29, 0.717) is 5.56 Å². The van der Waals surface area contributed by atoms with Gasteiger partial charge in [0.25, 0.3) is 0 Å². The summed E-state index contributed by atoms with van der Waals surface area (Å²) in [5.41, 5.74) is 2.83. The van der Waals surface area contributed by atoms with E-state index in [2.05, 4.69) is 12.6 Å². The molecule has 0 aliphatic carbocycles. The first-order chi connectivity index (χ1) is 7.22. The van der Waals surface area contributed by atoms with Crippen LogP contribution in [0.25, 0.3) is 16.3 Å². The maximum Gasteiger partial charge on any atom is 0.0991 e. The van der Waals surface area contributed by atoms with Crippen LogP contribution < -0.4 is 0 Å². The SMILES string of the molecule is C=C(C)c1cccc2ccc(C#N)cc12. The molecule has 0 aliphatic rings. The average Bonchev–Trinajstić information content (AvgIpc) is 2.27. The zero-order chi connectivity index (χ0) is 10.8. The second-order valence-electron chi connectivity index (χ2n) is 3.63. The van der Waals surface area contributed by atoms with Gasteiger partial charge in [-0.3, -0.25) is 0 Å². The summed E-state index contributed by atoms with van der Waals surface area (Å²) in [5.74, 6) is 0. The topological polar surface area (TPSA) is 23.8 Å². The van der Waals surface area contributed by atoms with Crippen molar-refractivity contribution < 1.29 is 0 Å². The van der Waals surface area contributed by atoms with Gasteiger partial charge in [-0.1, -0.05) is 36.4 Å². The van der Waals surface area contributed by atoms with Crippen LogP contribution >= 0.6 is 0 Å². The number of nitrogens with zero attached hydrogens (tertiary/aromatic N) is 1. The fourth-order valence-electron chi connectivity index (χ4n) is 1.71. The zero-order valence-electron chi connectivity index (χ0n) is 8.62. The minimum atomic E-state index is 0.691. The quantitative estimate of drug-likeness (QED) is 0.676. The van der Waals surface area contributed by atoms with Crippen LogP contribution in [0.5, 0.6) is 0 Å². The van der Waals surface area contributed by atoms with Crippen LogP contribution in [0.15, 0.2) is 43.0 Å². The molecule has 2 rings (SSSR count). The molecule has 0 atom stereocenters. The van der Waals surface area contributed by atoms with E-state index < -0.39 is 0 Å². The maximum atomic E-state index is 8.85. The monoisotopic (exact) mass is 193 g/mol. The van der Waals surface area contributed by atoms with Crippen molar-refractivity contribution in [1.29, 1.82) is 5.26 Å². The molecular formula is C14H11N. The van der Waals surface area contributed by atoms with E-state index >= 15 is 0 Å². The third kappa shape index (κ3) is 1.62. The van der Waals surface area contributed by atoms with Gasteiger partial charge in [0, 0.05) is 0 Å². The molecule has 0 N–H and O–H groups in total. The minimum Gasteiger partial charge on any atom is -0.192 e. The summed E-state index contributed by atoms with van der Waals surface area (Å²) in [4.78, 5) is 0. The van der Waals surface area contributed by atoms with Crippen LogP contribution in [0.2, 0.25) is 0 Å². The van der Waals surface area contributed by atoms with E-state index in [9.17, 15) is 0 Å². The Morgan fingerprint density at radius 3 is 2.73 bits per heavy atom. The summed E-state index contributed by atoms with van der Waals surface area (Å²) >= 11 is 0. The summed E-state index contributed by atoms with van der Waals surface area (Å²) < 4.78 is 0. The van der Waals surface area contributed by atoms with Crippen molar-refractivity contribution in [2.45, 2.75) is 6.92 Å². The van der Waals surface area contributed by atoms with Gasteiger partial charge in [0.05, 0.1) is 11.6 Å². The van der Waals surface area contributed by atoms with Crippen molar-refractivity contribution in [1.82, 2.24) is 0 Å². The van der Waals surface area contributed by atoms with Gasteiger partial charge in [-0.15, -0.1) is 0 Å². The highest BCUT2D eigenvalue weighted by atomic mass is 14.2. The molecule has 72 valence electrons. The number of benzene rings is 2. The Bertz CT molecular complexity index is 573. The van der Waals surface area contributed by atoms with E-state index in [1.807, 2.05) is 43.3 Å². The van der Waals surface area contributed by atoms with Gasteiger partial charge in [0.1, 0.15) is 0 Å². The lowest BCUT2D eigenvalue weighted by Gasteiger charge is -2.05. The smallest absolute Gasteiger partial charge is 0.0991 e. The Balaban J connectivity index is 2.83. The van der Waals surface area contributed by atoms with Crippen LogP contribution in [-0.4, -0.2) is 0 Å². The highest BCUT2D eigenvalue weighted by Crippen LogP contribution is 2.24. The number of allylic oxidation sites excluding steroid dienone is 1. The van der Waals surface area contributed by atoms with Gasteiger partial charge in [-0.25, -0.2) is 0 Å². The first kappa shape index (κ1) is 9.48. The molecule has 0 heterocycles. The maximum absolute atomic E-state index is 8.85. The summed E-state index contributed by atoms with van der Waals surface area (Å²) in [6, 6.07) is 14.0. The number of hydrogen-bond acceptors (Lipinski definition) is 1. The third-order valence-electron chi connectivity index (χ3n) is 2.47. The van der Waals surface area contributed by atoms with E-state index in [0.717, 1.165) is 21.9 Å². The molecule has 0 aliphatic heterocycles. The normalized spacial score (nSPS) is 9.87. The van der Waals surface area contributed by atoms with Crippen molar-refractivity contribution in [3.05, 3.63) is 54.1 Å². The predicted molar refractivity (Wildman–Crippen MR) is 63.4 cm³/mol. The number of nitriles is 1. The largest absolute Gasteiger partial charge is 0.192 e. The van der Waals surface area contributed by atoms with E-state index in [1.165, 1.54) is 0 Å². The zero-order valence-corrected chi connectivity index (χ0v) is 8.62. The molecular weight excluding hydrogens is 182 g/mol. The number of rotatable bonds is 1. The minimum absolute atomic E-state index is 0.691. The van der Waals surface area contributed by atoms with Crippen molar-refractivity contribution >= 4 is 16.3 Å². The third-order valence-corrected chi connectivity index (χ3v) is 2.47. The van der Waals surface area contributed by atoms with Crippen molar-refractivity contribution in [3.63, 3.8) is 0 Å². The van der Waals surface area contributed by atoms with Crippen LogP contribution in [0.3, 0.4) is 0 Å². The summed E-state index contributed by atoms with van der Waals surface area (Å²) in [6.07, 6.45) is 0. The van der Waals surface area contributed by atoms with E-state index in [1.54, 1.807) is 0 Å². The molecule has 2 aromatic carbocycles. The summed E-state index contributed by atoms with van der Waals surface area (Å²) in [7, 11) is 0. The van der Waals surface area contributed by atoms with Crippen LogP contribution in [0, 0.1) is 11.3 Å². The Kier molecular flexibility index (Phi) is 2.27. The molecule has 0 bridgehead atoms. The molecule has 0 saturated heterocycles. The first-order valence-electron chi connectivity index (χ1n) is 4.81. The Labute approximate surface area is 89.3 Å². The van der Waals surface area contributed by atoms with Crippen molar-refractivity contribution in [2.75, 3.05) is 0 Å². The van der Waals surface area contributed by atoms with Gasteiger partial charge >= 0.3 is 0 Å². The van der Waals surface area contributed by atoms with E-state index in [-0.39, 0.29) is 0 Å². The van der Waals surface area contributed by atoms with Crippen LogP contribution in [-0.2, 0) is 0 Å². The number of fused-ring (bicyclic) bond motifs is 1. The summed E-state index contributed by atoms with van der Waals surface area (Å²) in [5, 5.41) is 11.1. The summed E-state index contributed by atoms with van der Waals surface area (Å²) in [6.45, 7) is 5.93. The van der Waals surface area contributed by atoms with Crippen molar-refractivity contribution in [2.24, 2.45) is 0 Å². The Morgan fingerprint density at radius 1 is 1.27 bits per heavy atom. The highest BCUT2D eigenvalue weighted by Gasteiger charge is 2.02. The fraction of sp³-hybridized carbons (Fsp3) is 0.0714. The van der Waals surface area contributed by atoms with Gasteiger partial charge < -0.3 is 0 Å². The van der Waals surface area contributed by atoms with Gasteiger partial charge in [-0.2, -0.15) is 5.26 Å². The molecule has 1 nitrogen and oxygen atoms in total. The molecule has 0 radical (unpaired) electrons. The van der Waals surface area contributed by atoms with Gasteiger partial charge in [0.2, 0.25) is 0 Å². The Hall–Kier alpha value is -2.07. The van der Waals surface area contributed by atoms with Crippen molar-refractivity contribution in [3.8, 4) is 6.07 Å². The molecule has 0 fully saturated rings. The highest BCUT2D eigenvalue weighted by molar-refractivity contribution is 5.93. The lowest BCUT2D eigenvalue weighted by Crippen LogP contribution is -1.83. The van der Waals surface area contributed by atoms with Crippen LogP contribution in [0.1, 0.15) is 18.1 Å². The lowest BCUT2D eigenvalue weighted by atomic mass is 9.98. The molecule has 15 heavy (non-hydrogen) atoms. The van der Waals surface area contributed by atoms with E-state index in [4.69, 9.17) is 5.26 Å². The molecule has 0 saturated carbocycles. The molecule has 0 spiro atoms. The fourth-order valence-corrected chi connectivity index (χ4v) is 1.71. The van der Waals surface area contributed by atoms with Crippen LogP contribution in [0.4, 0.5) is 0 Å². The predicted octanol–water partition coefficient (Wildman–Crippen LogP) is 3.74. The molecule has 0 unspecified atom stereocenters. The standard InChI is InChI=1S/C14H11N/c1-10(2)13-5-3-4-12-7-6-11(9-15)8-14(12)13/h3-8H,1H2,2H3. The van der Waals surface area contributed by atoms with Gasteiger partial charge in [-0.05, 0) is 35.4 Å².